The smallest absolute Gasteiger partial charge is 0.305 e. The van der Waals surface area contributed by atoms with Crippen LogP contribution in [0.2, 0.25) is 10.0 Å². The van der Waals surface area contributed by atoms with Gasteiger partial charge in [0.2, 0.25) is 5.91 Å². The molecule has 1 N–H and O–H groups in total. The molecule has 1 amide bonds. The SMILES string of the molecule is O=C(O)CC1CCCN1C(=O)CSc1cc(Cl)ccc1Cl. The fourth-order valence-electron chi connectivity index (χ4n) is 2.39. The molecule has 1 aliphatic heterocycles. The Balaban J connectivity index is 1.95. The lowest BCUT2D eigenvalue weighted by molar-refractivity contribution is -0.139. The Bertz CT molecular complexity index is 553. The summed E-state index contributed by atoms with van der Waals surface area (Å²) in [5.74, 6) is -0.694. The zero-order valence-electron chi connectivity index (χ0n) is 11.2. The number of nitrogens with zero attached hydrogens (tertiary/aromatic N) is 1. The minimum Gasteiger partial charge on any atom is -0.481 e. The van der Waals surface area contributed by atoms with Crippen LogP contribution >= 0.6 is 35.0 Å². The maximum Gasteiger partial charge on any atom is 0.305 e. The van der Waals surface area contributed by atoms with Gasteiger partial charge in [-0.05, 0) is 31.0 Å². The molecular weight excluding hydrogens is 333 g/mol. The zero-order valence-corrected chi connectivity index (χ0v) is 13.5. The van der Waals surface area contributed by atoms with Crippen molar-refractivity contribution in [2.24, 2.45) is 0 Å². The van der Waals surface area contributed by atoms with E-state index in [1.165, 1.54) is 11.8 Å². The van der Waals surface area contributed by atoms with E-state index >= 15 is 0 Å². The summed E-state index contributed by atoms with van der Waals surface area (Å²) in [6, 6.07) is 4.92. The molecule has 4 nitrogen and oxygen atoms in total. The molecular formula is C14H15Cl2NO3S. The number of thioether (sulfide) groups is 1. The number of hydrogen-bond donors (Lipinski definition) is 1. The van der Waals surface area contributed by atoms with Crippen LogP contribution in [0.15, 0.2) is 23.1 Å². The maximum atomic E-state index is 12.2. The highest BCUT2D eigenvalue weighted by atomic mass is 35.5. The molecule has 0 radical (unpaired) electrons. The Morgan fingerprint density at radius 1 is 1.38 bits per heavy atom. The second kappa shape index (κ2) is 7.38. The van der Waals surface area contributed by atoms with Crippen molar-refractivity contribution in [2.45, 2.75) is 30.2 Å². The zero-order chi connectivity index (χ0) is 15.4. The summed E-state index contributed by atoms with van der Waals surface area (Å²) in [6.07, 6.45) is 1.61. The molecule has 1 aliphatic rings. The molecule has 2 rings (SSSR count). The Hall–Kier alpha value is -0.910. The predicted molar refractivity (Wildman–Crippen MR) is 84.2 cm³/mol. The number of rotatable bonds is 5. The Labute approximate surface area is 137 Å². The van der Waals surface area contributed by atoms with Crippen molar-refractivity contribution in [2.75, 3.05) is 12.3 Å². The summed E-state index contributed by atoms with van der Waals surface area (Å²) < 4.78 is 0. The third kappa shape index (κ3) is 4.53. The molecule has 0 saturated carbocycles. The number of likely N-dealkylation sites (tertiary alicyclic amines) is 1. The highest BCUT2D eigenvalue weighted by molar-refractivity contribution is 8.00. The first-order valence-electron chi connectivity index (χ1n) is 6.56. The van der Waals surface area contributed by atoms with Crippen molar-refractivity contribution in [1.29, 1.82) is 0 Å². The van der Waals surface area contributed by atoms with E-state index in [1.54, 1.807) is 23.1 Å². The molecule has 0 aromatic heterocycles. The van der Waals surface area contributed by atoms with Crippen LogP contribution in [-0.4, -0.2) is 40.2 Å². The monoisotopic (exact) mass is 347 g/mol. The molecule has 1 atom stereocenters. The van der Waals surface area contributed by atoms with Crippen molar-refractivity contribution in [1.82, 2.24) is 4.90 Å². The summed E-state index contributed by atoms with van der Waals surface area (Å²) in [5.41, 5.74) is 0. The molecule has 1 unspecified atom stereocenters. The number of amides is 1. The quantitative estimate of drug-likeness (QED) is 0.827. The summed E-state index contributed by atoms with van der Waals surface area (Å²) in [5, 5.41) is 10.00. The molecule has 1 aromatic rings. The van der Waals surface area contributed by atoms with Gasteiger partial charge in [0.15, 0.2) is 0 Å². The van der Waals surface area contributed by atoms with Gasteiger partial charge >= 0.3 is 5.97 Å². The number of carboxylic acids is 1. The van der Waals surface area contributed by atoms with E-state index in [9.17, 15) is 9.59 Å². The van der Waals surface area contributed by atoms with Gasteiger partial charge in [-0.15, -0.1) is 11.8 Å². The van der Waals surface area contributed by atoms with Crippen molar-refractivity contribution >= 4 is 46.8 Å². The highest BCUT2D eigenvalue weighted by Crippen LogP contribution is 2.31. The van der Waals surface area contributed by atoms with Gasteiger partial charge in [0.1, 0.15) is 0 Å². The van der Waals surface area contributed by atoms with Gasteiger partial charge in [-0.3, -0.25) is 9.59 Å². The van der Waals surface area contributed by atoms with E-state index in [4.69, 9.17) is 28.3 Å². The second-order valence-corrected chi connectivity index (χ2v) is 6.71. The number of carboxylic acid groups (broad SMARTS) is 1. The van der Waals surface area contributed by atoms with E-state index < -0.39 is 5.97 Å². The summed E-state index contributed by atoms with van der Waals surface area (Å²) in [4.78, 5) is 25.5. The van der Waals surface area contributed by atoms with Gasteiger partial charge in [-0.1, -0.05) is 23.2 Å². The average Bonchev–Trinajstić information content (AvgIpc) is 2.86. The van der Waals surface area contributed by atoms with Crippen LogP contribution in [0.4, 0.5) is 0 Å². The van der Waals surface area contributed by atoms with E-state index in [0.29, 0.717) is 16.6 Å². The summed E-state index contributed by atoms with van der Waals surface area (Å²) >= 11 is 13.3. The third-order valence-electron chi connectivity index (χ3n) is 3.35. The van der Waals surface area contributed by atoms with E-state index in [2.05, 4.69) is 0 Å². The molecule has 1 aromatic carbocycles. The first-order chi connectivity index (χ1) is 9.97. The average molecular weight is 348 g/mol. The van der Waals surface area contributed by atoms with Crippen molar-refractivity contribution in [3.63, 3.8) is 0 Å². The molecule has 114 valence electrons. The minimum absolute atomic E-state index is 0.00826. The molecule has 0 bridgehead atoms. The first-order valence-corrected chi connectivity index (χ1v) is 8.30. The van der Waals surface area contributed by atoms with Crippen LogP contribution in [0.3, 0.4) is 0 Å². The van der Waals surface area contributed by atoms with Crippen LogP contribution in [0.5, 0.6) is 0 Å². The lowest BCUT2D eigenvalue weighted by Gasteiger charge is -2.23. The van der Waals surface area contributed by atoms with Crippen LogP contribution in [0.1, 0.15) is 19.3 Å². The van der Waals surface area contributed by atoms with Gasteiger partial charge in [0.25, 0.3) is 0 Å². The Kier molecular flexibility index (Phi) is 5.79. The van der Waals surface area contributed by atoms with Gasteiger partial charge in [-0.2, -0.15) is 0 Å². The maximum absolute atomic E-state index is 12.2. The van der Waals surface area contributed by atoms with Gasteiger partial charge < -0.3 is 10.0 Å². The molecule has 0 aliphatic carbocycles. The molecule has 1 fully saturated rings. The molecule has 1 saturated heterocycles. The van der Waals surface area contributed by atoms with E-state index in [0.717, 1.165) is 17.7 Å². The van der Waals surface area contributed by atoms with Crippen LogP contribution < -0.4 is 0 Å². The van der Waals surface area contributed by atoms with Crippen LogP contribution in [0.25, 0.3) is 0 Å². The Morgan fingerprint density at radius 3 is 2.86 bits per heavy atom. The van der Waals surface area contributed by atoms with Gasteiger partial charge in [0, 0.05) is 22.5 Å². The van der Waals surface area contributed by atoms with Crippen molar-refractivity contribution < 1.29 is 14.7 Å². The molecule has 0 spiro atoms. The van der Waals surface area contributed by atoms with Crippen molar-refractivity contribution in [3.8, 4) is 0 Å². The highest BCUT2D eigenvalue weighted by Gasteiger charge is 2.30. The van der Waals surface area contributed by atoms with Gasteiger partial charge in [0.05, 0.1) is 17.2 Å². The number of benzene rings is 1. The number of halogens is 2. The second-order valence-electron chi connectivity index (χ2n) is 4.84. The molecule has 7 heteroatoms. The lowest BCUT2D eigenvalue weighted by Crippen LogP contribution is -2.37. The largest absolute Gasteiger partial charge is 0.481 e. The number of carbonyl (C=O) groups is 2. The van der Waals surface area contributed by atoms with Gasteiger partial charge in [-0.25, -0.2) is 0 Å². The standard InChI is InChI=1S/C14H15Cl2NO3S/c15-9-3-4-11(16)12(6-9)21-8-13(18)17-5-1-2-10(17)7-14(19)20/h3-4,6,10H,1-2,5,7-8H2,(H,19,20). The third-order valence-corrected chi connectivity index (χ3v) is 5.07. The minimum atomic E-state index is -0.870. The Morgan fingerprint density at radius 2 is 2.14 bits per heavy atom. The van der Waals surface area contributed by atoms with E-state index in [-0.39, 0.29) is 24.1 Å². The predicted octanol–water partition coefficient (Wildman–Crippen LogP) is 3.55. The topological polar surface area (TPSA) is 57.6 Å². The number of aliphatic carboxylic acids is 1. The number of hydrogen-bond acceptors (Lipinski definition) is 3. The van der Waals surface area contributed by atoms with Crippen molar-refractivity contribution in [3.05, 3.63) is 28.2 Å². The molecule has 1 heterocycles. The fourth-order valence-corrected chi connectivity index (χ4v) is 3.77. The fraction of sp³-hybridized carbons (Fsp3) is 0.429. The summed E-state index contributed by atoms with van der Waals surface area (Å²) in [6.45, 7) is 0.626. The number of carbonyl (C=O) groups excluding carboxylic acids is 1. The normalized spacial score (nSPS) is 18.0. The van der Waals surface area contributed by atoms with Crippen LogP contribution in [-0.2, 0) is 9.59 Å². The van der Waals surface area contributed by atoms with E-state index in [1.807, 2.05) is 0 Å². The first kappa shape index (κ1) is 16.5. The summed E-state index contributed by atoms with van der Waals surface area (Å²) in [7, 11) is 0. The molecule has 21 heavy (non-hydrogen) atoms. The van der Waals surface area contributed by atoms with Crippen LogP contribution in [0, 0.1) is 0 Å². The lowest BCUT2D eigenvalue weighted by atomic mass is 10.1.